The summed E-state index contributed by atoms with van der Waals surface area (Å²) < 4.78 is 0.853. The second-order valence-corrected chi connectivity index (χ2v) is 7.96. The minimum Gasteiger partial charge on any atom is -0.479 e. The van der Waals surface area contributed by atoms with E-state index in [0.717, 1.165) is 33.0 Å². The number of halogens is 1. The van der Waals surface area contributed by atoms with Crippen molar-refractivity contribution >= 4 is 50.1 Å². The summed E-state index contributed by atoms with van der Waals surface area (Å²) in [6.45, 7) is 3.48. The molecule has 0 bridgehead atoms. The summed E-state index contributed by atoms with van der Waals surface area (Å²) in [5, 5.41) is 21.3. The first kappa shape index (κ1) is 16.1. The quantitative estimate of drug-likeness (QED) is 0.727. The Morgan fingerprint density at radius 3 is 2.73 bits per heavy atom. The normalized spacial score (nSPS) is 17.3. The van der Waals surface area contributed by atoms with Gasteiger partial charge in [-0.3, -0.25) is 0 Å². The van der Waals surface area contributed by atoms with E-state index >= 15 is 0 Å². The summed E-state index contributed by atoms with van der Waals surface area (Å²) >= 11 is 3.91. The molecule has 0 saturated carbocycles. The van der Waals surface area contributed by atoms with Crippen LogP contribution in [-0.4, -0.2) is 21.2 Å². The van der Waals surface area contributed by atoms with Gasteiger partial charge in [-0.2, -0.15) is 0 Å². The summed E-state index contributed by atoms with van der Waals surface area (Å²) in [5.41, 5.74) is 0.517. The number of hydrogen-bond acceptors (Lipinski definition) is 4. The Labute approximate surface area is 146 Å². The highest BCUT2D eigenvalue weighted by molar-refractivity contribution is 14.1. The molecule has 2 N–H and O–H groups in total. The van der Waals surface area contributed by atoms with Crippen molar-refractivity contribution in [2.24, 2.45) is 0 Å². The van der Waals surface area contributed by atoms with Crippen molar-refractivity contribution in [3.05, 3.63) is 25.3 Å². The molecule has 4 nitrogen and oxygen atoms in total. The number of rotatable bonds is 3. The number of carbonyl (C=O) groups is 1. The number of aliphatic hydroxyl groups is 1. The topological polar surface area (TPSA) is 70.4 Å². The van der Waals surface area contributed by atoms with Gasteiger partial charge in [0.15, 0.2) is 5.60 Å². The fourth-order valence-corrected chi connectivity index (χ4v) is 6.18. The maximum absolute atomic E-state index is 11.6. The second kappa shape index (κ2) is 5.72. The lowest BCUT2D eigenvalue weighted by molar-refractivity contribution is -0.160. The zero-order valence-corrected chi connectivity index (χ0v) is 15.5. The molecule has 0 fully saturated rings. The van der Waals surface area contributed by atoms with Crippen LogP contribution in [0.1, 0.15) is 47.9 Å². The van der Waals surface area contributed by atoms with Gasteiger partial charge in [-0.25, -0.2) is 9.78 Å². The minimum atomic E-state index is -1.87. The SMILES string of the molecule is CCC(O)(C(=O)O)c1c(C)nc2sc3c(c2c1I)CCCC3. The van der Waals surface area contributed by atoms with Crippen LogP contribution in [0, 0.1) is 10.5 Å². The molecule has 2 heterocycles. The van der Waals surface area contributed by atoms with Crippen molar-refractivity contribution in [1.82, 2.24) is 4.98 Å². The first-order chi connectivity index (χ1) is 10.4. The Balaban J connectivity index is 2.35. The molecular formula is C16H18INO3S. The van der Waals surface area contributed by atoms with E-state index in [1.54, 1.807) is 25.2 Å². The number of aryl methyl sites for hydroxylation is 3. The van der Waals surface area contributed by atoms with Gasteiger partial charge in [-0.1, -0.05) is 6.92 Å². The van der Waals surface area contributed by atoms with E-state index < -0.39 is 11.6 Å². The third-order valence-corrected chi connectivity index (χ3v) is 6.77. The van der Waals surface area contributed by atoms with Crippen LogP contribution in [-0.2, 0) is 23.2 Å². The van der Waals surface area contributed by atoms with Crippen molar-refractivity contribution in [3.63, 3.8) is 0 Å². The molecule has 1 unspecified atom stereocenters. The van der Waals surface area contributed by atoms with E-state index in [0.29, 0.717) is 11.3 Å². The van der Waals surface area contributed by atoms with Crippen LogP contribution in [0.25, 0.3) is 10.2 Å². The van der Waals surface area contributed by atoms with Crippen molar-refractivity contribution in [3.8, 4) is 0 Å². The molecule has 0 amide bonds. The van der Waals surface area contributed by atoms with Gasteiger partial charge in [-0.05, 0) is 67.2 Å². The lowest BCUT2D eigenvalue weighted by Crippen LogP contribution is -2.36. The van der Waals surface area contributed by atoms with Crippen LogP contribution in [0.2, 0.25) is 0 Å². The molecule has 2 aromatic heterocycles. The highest BCUT2D eigenvalue weighted by atomic mass is 127. The average molecular weight is 431 g/mol. The average Bonchev–Trinajstić information content (AvgIpc) is 2.84. The number of aliphatic carboxylic acids is 1. The first-order valence-electron chi connectivity index (χ1n) is 7.46. The van der Waals surface area contributed by atoms with Crippen molar-refractivity contribution in [2.45, 2.75) is 51.6 Å². The van der Waals surface area contributed by atoms with E-state index in [1.165, 1.54) is 16.9 Å². The summed E-state index contributed by atoms with van der Waals surface area (Å²) in [4.78, 5) is 18.6. The van der Waals surface area contributed by atoms with Crippen LogP contribution in [0.15, 0.2) is 0 Å². The molecule has 0 radical (unpaired) electrons. The Hall–Kier alpha value is -0.730. The number of aromatic nitrogens is 1. The monoisotopic (exact) mass is 431 g/mol. The largest absolute Gasteiger partial charge is 0.479 e. The van der Waals surface area contributed by atoms with E-state index in [4.69, 9.17) is 0 Å². The fourth-order valence-electron chi connectivity index (χ4n) is 3.26. The third kappa shape index (κ3) is 2.27. The van der Waals surface area contributed by atoms with Crippen molar-refractivity contribution < 1.29 is 15.0 Å². The molecule has 0 aromatic carbocycles. The van der Waals surface area contributed by atoms with Crippen LogP contribution >= 0.6 is 33.9 Å². The van der Waals surface area contributed by atoms with Crippen LogP contribution in [0.5, 0.6) is 0 Å². The molecule has 1 atom stereocenters. The van der Waals surface area contributed by atoms with Gasteiger partial charge >= 0.3 is 5.97 Å². The first-order valence-corrected chi connectivity index (χ1v) is 9.36. The predicted molar refractivity (Wildman–Crippen MR) is 95.5 cm³/mol. The maximum Gasteiger partial charge on any atom is 0.340 e. The fraction of sp³-hybridized carbons (Fsp3) is 0.500. The number of fused-ring (bicyclic) bond motifs is 3. The highest BCUT2D eigenvalue weighted by Crippen LogP contribution is 2.42. The summed E-state index contributed by atoms with van der Waals surface area (Å²) in [5.74, 6) is -1.21. The van der Waals surface area contributed by atoms with Gasteiger partial charge in [-0.15, -0.1) is 11.3 Å². The zero-order chi connectivity index (χ0) is 16.1. The van der Waals surface area contributed by atoms with Gasteiger partial charge in [0.05, 0.1) is 0 Å². The van der Waals surface area contributed by atoms with E-state index in [1.807, 2.05) is 0 Å². The molecule has 1 aliphatic carbocycles. The van der Waals surface area contributed by atoms with E-state index in [-0.39, 0.29) is 6.42 Å². The number of carboxylic acid groups (broad SMARTS) is 1. The number of hydrogen-bond donors (Lipinski definition) is 2. The third-order valence-electron chi connectivity index (χ3n) is 4.50. The molecule has 0 saturated heterocycles. The molecule has 0 spiro atoms. The zero-order valence-electron chi connectivity index (χ0n) is 12.6. The van der Waals surface area contributed by atoms with Gasteiger partial charge in [0.2, 0.25) is 0 Å². The van der Waals surface area contributed by atoms with Gasteiger partial charge < -0.3 is 10.2 Å². The highest BCUT2D eigenvalue weighted by Gasteiger charge is 2.40. The van der Waals surface area contributed by atoms with Gasteiger partial charge in [0.1, 0.15) is 4.83 Å². The predicted octanol–water partition coefficient (Wildman–Crippen LogP) is 3.77. The molecule has 0 aliphatic heterocycles. The lowest BCUT2D eigenvalue weighted by Gasteiger charge is -2.25. The number of pyridine rings is 1. The number of carboxylic acids is 1. The molecule has 2 aromatic rings. The van der Waals surface area contributed by atoms with Crippen LogP contribution in [0.3, 0.4) is 0 Å². The standard InChI is InChI=1S/C16H18INO3S/c1-3-16(21,15(19)20)12-8(2)18-14-11(13(12)17)9-6-4-5-7-10(9)22-14/h21H,3-7H2,1-2H3,(H,19,20). The van der Waals surface area contributed by atoms with Crippen molar-refractivity contribution in [1.29, 1.82) is 0 Å². The molecular weight excluding hydrogens is 413 g/mol. The lowest BCUT2D eigenvalue weighted by atomic mass is 9.88. The Kier molecular flexibility index (Phi) is 4.20. The molecule has 6 heteroatoms. The number of thiophene rings is 1. The number of nitrogens with zero attached hydrogens (tertiary/aromatic N) is 1. The second-order valence-electron chi connectivity index (χ2n) is 5.80. The van der Waals surface area contributed by atoms with Gasteiger partial charge in [0, 0.05) is 25.1 Å². The molecule has 1 aliphatic rings. The van der Waals surface area contributed by atoms with E-state index in [9.17, 15) is 15.0 Å². The molecule has 3 rings (SSSR count). The Morgan fingerprint density at radius 1 is 1.41 bits per heavy atom. The van der Waals surface area contributed by atoms with Crippen LogP contribution < -0.4 is 0 Å². The van der Waals surface area contributed by atoms with Crippen LogP contribution in [0.4, 0.5) is 0 Å². The Bertz CT molecular complexity index is 771. The maximum atomic E-state index is 11.6. The van der Waals surface area contributed by atoms with Crippen molar-refractivity contribution in [2.75, 3.05) is 0 Å². The van der Waals surface area contributed by atoms with Gasteiger partial charge in [0.25, 0.3) is 0 Å². The Morgan fingerprint density at radius 2 is 2.09 bits per heavy atom. The summed E-state index contributed by atoms with van der Waals surface area (Å²) in [6, 6.07) is 0. The summed E-state index contributed by atoms with van der Waals surface area (Å²) in [7, 11) is 0. The van der Waals surface area contributed by atoms with E-state index in [2.05, 4.69) is 27.6 Å². The summed E-state index contributed by atoms with van der Waals surface area (Å²) in [6.07, 6.45) is 4.59. The molecule has 118 valence electrons. The smallest absolute Gasteiger partial charge is 0.340 e. The molecule has 22 heavy (non-hydrogen) atoms. The minimum absolute atomic E-state index is 0.124.